The number of aromatic nitrogens is 2. The molecule has 1 N–H and O–H groups in total. The summed E-state index contributed by atoms with van der Waals surface area (Å²) in [6, 6.07) is 6.65. The van der Waals surface area contributed by atoms with Crippen LogP contribution in [0.1, 0.15) is 40.7 Å². The van der Waals surface area contributed by atoms with Gasteiger partial charge in [-0.15, -0.1) is 11.3 Å². The maximum atomic E-state index is 13.0. The average Bonchev–Trinajstić information content (AvgIpc) is 3.01. The minimum atomic E-state index is -0.769. The summed E-state index contributed by atoms with van der Waals surface area (Å²) in [6.45, 7) is 7.19. The van der Waals surface area contributed by atoms with E-state index in [1.165, 1.54) is 10.9 Å². The van der Waals surface area contributed by atoms with Crippen LogP contribution in [0.3, 0.4) is 0 Å². The smallest absolute Gasteiger partial charge is 0.348 e. The molecule has 3 rings (SSSR count). The molecule has 2 aromatic heterocycles. The molecule has 8 heteroatoms. The van der Waals surface area contributed by atoms with Crippen molar-refractivity contribution in [1.29, 1.82) is 0 Å². The van der Waals surface area contributed by atoms with E-state index in [4.69, 9.17) is 4.74 Å². The fourth-order valence-electron chi connectivity index (χ4n) is 2.88. The highest BCUT2D eigenvalue weighted by molar-refractivity contribution is 7.20. The average molecular weight is 399 g/mol. The largest absolute Gasteiger partial charge is 0.462 e. The lowest BCUT2D eigenvalue weighted by molar-refractivity contribution is -0.118. The van der Waals surface area contributed by atoms with Crippen molar-refractivity contribution in [3.63, 3.8) is 0 Å². The zero-order chi connectivity index (χ0) is 20.4. The second kappa shape index (κ2) is 7.93. The molecule has 7 nitrogen and oxygen atoms in total. The van der Waals surface area contributed by atoms with Crippen molar-refractivity contribution in [2.75, 3.05) is 11.9 Å². The fraction of sp³-hybridized carbons (Fsp3) is 0.300. The van der Waals surface area contributed by atoms with Crippen LogP contribution in [0.5, 0.6) is 0 Å². The van der Waals surface area contributed by atoms with Gasteiger partial charge in [-0.25, -0.2) is 9.78 Å². The molecule has 1 atom stereocenters. The first-order valence-electron chi connectivity index (χ1n) is 8.89. The molecule has 1 amide bonds. The zero-order valence-corrected chi connectivity index (χ0v) is 16.9. The van der Waals surface area contributed by atoms with Gasteiger partial charge in [0, 0.05) is 5.69 Å². The molecule has 1 aromatic carbocycles. The standard InChI is InChI=1S/C20H21N3O4S/c1-5-27-20(26)16-12(3)15-18(28-16)21-10-23(19(15)25)13(4)17(24)22-14-9-7-6-8-11(14)2/h6-10,13H,5H2,1-4H3,(H,22,24)/t13-/m1/s1. The quantitative estimate of drug-likeness (QED) is 0.664. The number of ether oxygens (including phenoxy) is 1. The number of thiophene rings is 1. The molecule has 0 spiro atoms. The van der Waals surface area contributed by atoms with Crippen LogP contribution in [-0.2, 0) is 9.53 Å². The number of rotatable bonds is 5. The van der Waals surface area contributed by atoms with Crippen LogP contribution >= 0.6 is 11.3 Å². The second-order valence-corrected chi connectivity index (χ2v) is 7.39. The summed E-state index contributed by atoms with van der Waals surface area (Å²) in [6.07, 6.45) is 1.34. The Bertz CT molecular complexity index is 1120. The van der Waals surface area contributed by atoms with Crippen molar-refractivity contribution in [2.24, 2.45) is 0 Å². The van der Waals surface area contributed by atoms with Crippen molar-refractivity contribution in [3.05, 3.63) is 57.0 Å². The SMILES string of the molecule is CCOC(=O)c1sc2ncn([C@H](C)C(=O)Nc3ccccc3C)c(=O)c2c1C. The molecule has 0 unspecified atom stereocenters. The van der Waals surface area contributed by atoms with Gasteiger partial charge in [-0.3, -0.25) is 14.2 Å². The van der Waals surface area contributed by atoms with Crippen molar-refractivity contribution >= 4 is 39.1 Å². The summed E-state index contributed by atoms with van der Waals surface area (Å²) in [5, 5.41) is 3.18. The third-order valence-corrected chi connectivity index (χ3v) is 5.72. The Morgan fingerprint density at radius 1 is 1.29 bits per heavy atom. The molecule has 146 valence electrons. The van der Waals surface area contributed by atoms with Gasteiger partial charge in [0.2, 0.25) is 5.91 Å². The number of fused-ring (bicyclic) bond motifs is 1. The van der Waals surface area contributed by atoms with Gasteiger partial charge in [0.1, 0.15) is 15.7 Å². The van der Waals surface area contributed by atoms with E-state index in [-0.39, 0.29) is 18.1 Å². The molecule has 2 heterocycles. The molecule has 0 aliphatic carbocycles. The van der Waals surface area contributed by atoms with E-state index < -0.39 is 12.0 Å². The number of aryl methyl sites for hydroxylation is 2. The summed E-state index contributed by atoms with van der Waals surface area (Å²) in [4.78, 5) is 42.9. The summed E-state index contributed by atoms with van der Waals surface area (Å²) in [5.41, 5.74) is 1.79. The first kappa shape index (κ1) is 19.8. The lowest BCUT2D eigenvalue weighted by Gasteiger charge is -2.16. The molecule has 0 aliphatic rings. The van der Waals surface area contributed by atoms with E-state index in [2.05, 4.69) is 10.3 Å². The number of amides is 1. The Balaban J connectivity index is 1.97. The van der Waals surface area contributed by atoms with Gasteiger partial charge >= 0.3 is 5.97 Å². The minimum Gasteiger partial charge on any atom is -0.462 e. The zero-order valence-electron chi connectivity index (χ0n) is 16.1. The van der Waals surface area contributed by atoms with Crippen LogP contribution in [0, 0.1) is 13.8 Å². The van der Waals surface area contributed by atoms with Crippen molar-refractivity contribution in [1.82, 2.24) is 9.55 Å². The van der Waals surface area contributed by atoms with Crippen LogP contribution < -0.4 is 10.9 Å². The number of benzene rings is 1. The van der Waals surface area contributed by atoms with Crippen molar-refractivity contribution in [2.45, 2.75) is 33.7 Å². The highest BCUT2D eigenvalue weighted by Gasteiger charge is 2.23. The first-order valence-corrected chi connectivity index (χ1v) is 9.70. The Hall–Kier alpha value is -3.00. The predicted molar refractivity (Wildman–Crippen MR) is 109 cm³/mol. The van der Waals surface area contributed by atoms with Crippen molar-refractivity contribution in [3.8, 4) is 0 Å². The van der Waals surface area contributed by atoms with E-state index in [0.29, 0.717) is 26.3 Å². The molecular formula is C20H21N3O4S. The number of esters is 1. The van der Waals surface area contributed by atoms with Gasteiger partial charge in [0.25, 0.3) is 5.56 Å². The molecule has 0 radical (unpaired) electrons. The second-order valence-electron chi connectivity index (χ2n) is 6.39. The molecule has 0 saturated carbocycles. The summed E-state index contributed by atoms with van der Waals surface area (Å²) >= 11 is 1.12. The van der Waals surface area contributed by atoms with Gasteiger partial charge in [-0.2, -0.15) is 0 Å². The van der Waals surface area contributed by atoms with E-state index >= 15 is 0 Å². The van der Waals surface area contributed by atoms with Crippen molar-refractivity contribution < 1.29 is 14.3 Å². The third kappa shape index (κ3) is 3.55. The summed E-state index contributed by atoms with van der Waals surface area (Å²) in [7, 11) is 0. The highest BCUT2D eigenvalue weighted by atomic mass is 32.1. The highest BCUT2D eigenvalue weighted by Crippen LogP contribution is 2.28. The lowest BCUT2D eigenvalue weighted by atomic mass is 10.2. The van der Waals surface area contributed by atoms with Gasteiger partial charge in [-0.1, -0.05) is 18.2 Å². The molecule has 0 aliphatic heterocycles. The Kier molecular flexibility index (Phi) is 5.60. The maximum Gasteiger partial charge on any atom is 0.348 e. The topological polar surface area (TPSA) is 90.3 Å². The molecule has 3 aromatic rings. The minimum absolute atomic E-state index is 0.250. The molecule has 0 fully saturated rings. The molecular weight excluding hydrogens is 378 g/mol. The summed E-state index contributed by atoms with van der Waals surface area (Å²) in [5.74, 6) is -0.796. The molecule has 0 bridgehead atoms. The normalized spacial score (nSPS) is 12.0. The number of hydrogen-bond acceptors (Lipinski definition) is 6. The number of hydrogen-bond donors (Lipinski definition) is 1. The van der Waals surface area contributed by atoms with Gasteiger partial charge in [0.05, 0.1) is 18.3 Å². The predicted octanol–water partition coefficient (Wildman–Crippen LogP) is 3.45. The lowest BCUT2D eigenvalue weighted by Crippen LogP contribution is -2.32. The van der Waals surface area contributed by atoms with Crippen LogP contribution in [0.2, 0.25) is 0 Å². The van der Waals surface area contributed by atoms with Gasteiger partial charge < -0.3 is 10.1 Å². The first-order chi connectivity index (χ1) is 13.3. The molecule has 28 heavy (non-hydrogen) atoms. The van der Waals surface area contributed by atoms with E-state index in [1.807, 2.05) is 25.1 Å². The monoisotopic (exact) mass is 399 g/mol. The maximum absolute atomic E-state index is 13.0. The Morgan fingerprint density at radius 3 is 2.68 bits per heavy atom. The number of carbonyl (C=O) groups excluding carboxylic acids is 2. The van der Waals surface area contributed by atoms with Gasteiger partial charge in [0.15, 0.2) is 0 Å². The number of nitrogens with zero attached hydrogens (tertiary/aromatic N) is 2. The Labute approximate surface area is 166 Å². The number of nitrogens with one attached hydrogen (secondary N) is 1. The summed E-state index contributed by atoms with van der Waals surface area (Å²) < 4.78 is 6.32. The van der Waals surface area contributed by atoms with Crippen LogP contribution in [0.25, 0.3) is 10.2 Å². The van der Waals surface area contributed by atoms with E-state index in [0.717, 1.165) is 16.9 Å². The van der Waals surface area contributed by atoms with Crippen LogP contribution in [0.15, 0.2) is 35.4 Å². The van der Waals surface area contributed by atoms with Gasteiger partial charge in [-0.05, 0) is 44.9 Å². The third-order valence-electron chi connectivity index (χ3n) is 4.54. The van der Waals surface area contributed by atoms with Crippen LogP contribution in [-0.4, -0.2) is 28.0 Å². The number of anilines is 1. The fourth-order valence-corrected chi connectivity index (χ4v) is 3.91. The van der Waals surface area contributed by atoms with Crippen LogP contribution in [0.4, 0.5) is 5.69 Å². The number of carbonyl (C=O) groups is 2. The van der Waals surface area contributed by atoms with E-state index in [1.54, 1.807) is 26.8 Å². The Morgan fingerprint density at radius 2 is 2.00 bits per heavy atom. The molecule has 0 saturated heterocycles. The number of para-hydroxylation sites is 1. The van der Waals surface area contributed by atoms with E-state index in [9.17, 15) is 14.4 Å².